The van der Waals surface area contributed by atoms with E-state index in [1.165, 1.54) is 0 Å². The molecule has 7 heteroatoms. The van der Waals surface area contributed by atoms with E-state index in [1.54, 1.807) is 6.92 Å². The van der Waals surface area contributed by atoms with Crippen molar-refractivity contribution in [3.05, 3.63) is 41.0 Å². The Labute approximate surface area is 225 Å². The van der Waals surface area contributed by atoms with Crippen LogP contribution in [0.2, 0.25) is 25.7 Å². The minimum Gasteiger partial charge on any atom is -0.393 e. The number of hydrogen-bond donors (Lipinski definition) is 2. The number of carbonyl (C=O) groups excluding carboxylic acids is 2. The first-order chi connectivity index (χ1) is 17.0. The number of ether oxygens (including phenoxy) is 2. The van der Waals surface area contributed by atoms with Crippen molar-refractivity contribution in [3.8, 4) is 0 Å². The third kappa shape index (κ3) is 9.78. The number of amides is 1. The summed E-state index contributed by atoms with van der Waals surface area (Å²) in [4.78, 5) is 26.4. The standard InChI is InChI=1S/C30H49NO5Si/c1-19-16-22(4)28(25(33)12-11-15-37(8,9)10)24(17-19)31-27(34)18-26-29(36-30(6,7)35-26)21(3)14-13-20(2)23(5)32/h13-14,16-17,20-21,23,26,29,32H,11-12,15,18H2,1-10H3,(H,31,34)/b14-13-/t20-,21?,23+,26+,29+/m0/s1. The highest BCUT2D eigenvalue weighted by Gasteiger charge is 2.44. The summed E-state index contributed by atoms with van der Waals surface area (Å²) in [5, 5.41) is 12.8. The molecule has 1 heterocycles. The van der Waals surface area contributed by atoms with Crippen LogP contribution < -0.4 is 5.32 Å². The van der Waals surface area contributed by atoms with E-state index in [0.717, 1.165) is 23.6 Å². The van der Waals surface area contributed by atoms with Gasteiger partial charge in [-0.15, -0.1) is 0 Å². The first-order valence-electron chi connectivity index (χ1n) is 13.7. The second-order valence-corrected chi connectivity index (χ2v) is 18.2. The number of aryl methyl sites for hydroxylation is 2. The Hall–Kier alpha value is -1.80. The van der Waals surface area contributed by atoms with E-state index >= 15 is 0 Å². The smallest absolute Gasteiger partial charge is 0.227 e. The fourth-order valence-electron chi connectivity index (χ4n) is 4.81. The number of benzene rings is 1. The second-order valence-electron chi connectivity index (χ2n) is 12.6. The van der Waals surface area contributed by atoms with Crippen LogP contribution in [0.3, 0.4) is 0 Å². The topological polar surface area (TPSA) is 84.9 Å². The van der Waals surface area contributed by atoms with Crippen molar-refractivity contribution in [2.75, 3.05) is 5.32 Å². The summed E-state index contributed by atoms with van der Waals surface area (Å²) in [6.45, 7) is 20.3. The summed E-state index contributed by atoms with van der Waals surface area (Å²) in [5.41, 5.74) is 3.07. The SMILES string of the molecule is Cc1cc(C)c(C(=O)CCC[Si](C)(C)C)c(NC(=O)C[C@H]2OC(C)(C)O[C@@H]2C(C)/C=C\[C@H](C)[C@@H](C)O)c1. The molecule has 0 spiro atoms. The van der Waals surface area contributed by atoms with Gasteiger partial charge in [0.15, 0.2) is 11.6 Å². The molecule has 2 N–H and O–H groups in total. The van der Waals surface area contributed by atoms with Crippen molar-refractivity contribution < 1.29 is 24.2 Å². The Morgan fingerprint density at radius 1 is 1.11 bits per heavy atom. The predicted molar refractivity (Wildman–Crippen MR) is 154 cm³/mol. The molecule has 37 heavy (non-hydrogen) atoms. The summed E-state index contributed by atoms with van der Waals surface area (Å²) in [6, 6.07) is 4.98. The fourth-order valence-corrected chi connectivity index (χ4v) is 6.05. The molecule has 6 nitrogen and oxygen atoms in total. The third-order valence-electron chi connectivity index (χ3n) is 6.97. The molecule has 1 unspecified atom stereocenters. The molecule has 208 valence electrons. The molecular weight excluding hydrogens is 482 g/mol. The van der Waals surface area contributed by atoms with E-state index in [4.69, 9.17) is 9.47 Å². The number of nitrogens with one attached hydrogen (secondary N) is 1. The van der Waals surface area contributed by atoms with E-state index in [2.05, 4.69) is 25.0 Å². The summed E-state index contributed by atoms with van der Waals surface area (Å²) in [5.74, 6) is -0.913. The number of aliphatic hydroxyl groups is 1. The quantitative estimate of drug-likeness (QED) is 0.179. The molecule has 1 saturated heterocycles. The van der Waals surface area contributed by atoms with E-state index in [-0.39, 0.29) is 36.1 Å². The van der Waals surface area contributed by atoms with Gasteiger partial charge in [-0.25, -0.2) is 0 Å². The lowest BCUT2D eigenvalue weighted by Gasteiger charge is -2.22. The van der Waals surface area contributed by atoms with Crippen LogP contribution in [-0.4, -0.2) is 49.0 Å². The van der Waals surface area contributed by atoms with E-state index in [9.17, 15) is 14.7 Å². The van der Waals surface area contributed by atoms with Gasteiger partial charge in [0, 0.05) is 26.0 Å². The van der Waals surface area contributed by atoms with Crippen LogP contribution in [0.1, 0.15) is 75.4 Å². The van der Waals surface area contributed by atoms with E-state index in [0.29, 0.717) is 17.7 Å². The molecule has 1 aromatic rings. The van der Waals surface area contributed by atoms with Crippen molar-refractivity contribution in [2.45, 2.75) is 118 Å². The number of carbonyl (C=O) groups is 2. The lowest BCUT2D eigenvalue weighted by atomic mass is 9.94. The number of rotatable bonds is 12. The van der Waals surface area contributed by atoms with Crippen molar-refractivity contribution in [3.63, 3.8) is 0 Å². The van der Waals surface area contributed by atoms with Gasteiger partial charge in [-0.05, 0) is 64.2 Å². The molecule has 0 bridgehead atoms. The Kier molecular flexibility index (Phi) is 10.9. The summed E-state index contributed by atoms with van der Waals surface area (Å²) in [7, 11) is -1.22. The average molecular weight is 532 g/mol. The predicted octanol–water partition coefficient (Wildman–Crippen LogP) is 6.66. The normalized spacial score (nSPS) is 22.1. The lowest BCUT2D eigenvalue weighted by Crippen LogP contribution is -2.32. The Balaban J connectivity index is 2.17. The van der Waals surface area contributed by atoms with Gasteiger partial charge in [0.2, 0.25) is 5.91 Å². The van der Waals surface area contributed by atoms with Gasteiger partial charge in [0.25, 0.3) is 0 Å². The number of ketones is 1. The minimum atomic E-state index is -1.22. The largest absolute Gasteiger partial charge is 0.393 e. The average Bonchev–Trinajstić information content (AvgIpc) is 3.03. The number of Topliss-reactive ketones (excluding diaryl/α,β-unsaturated/α-hetero) is 1. The van der Waals surface area contributed by atoms with Crippen LogP contribution in [0, 0.1) is 25.7 Å². The van der Waals surface area contributed by atoms with E-state index in [1.807, 2.05) is 65.8 Å². The van der Waals surface area contributed by atoms with Crippen LogP contribution in [-0.2, 0) is 14.3 Å². The molecule has 0 aliphatic carbocycles. The second kappa shape index (κ2) is 12.8. The molecule has 0 radical (unpaired) electrons. The maximum atomic E-state index is 13.2. The maximum absolute atomic E-state index is 13.2. The van der Waals surface area contributed by atoms with Gasteiger partial charge >= 0.3 is 0 Å². The lowest BCUT2D eigenvalue weighted by molar-refractivity contribution is -0.150. The molecular formula is C30H49NO5Si. The Morgan fingerprint density at radius 3 is 2.35 bits per heavy atom. The zero-order chi connectivity index (χ0) is 28.1. The summed E-state index contributed by atoms with van der Waals surface area (Å²) < 4.78 is 12.3. The first kappa shape index (κ1) is 31.4. The van der Waals surface area contributed by atoms with Crippen molar-refractivity contribution >= 4 is 25.5 Å². The van der Waals surface area contributed by atoms with Crippen LogP contribution >= 0.6 is 0 Å². The van der Waals surface area contributed by atoms with Crippen LogP contribution in [0.4, 0.5) is 5.69 Å². The molecule has 2 rings (SSSR count). The van der Waals surface area contributed by atoms with Crippen LogP contribution in [0.15, 0.2) is 24.3 Å². The molecule has 1 amide bonds. The van der Waals surface area contributed by atoms with Gasteiger partial charge < -0.3 is 19.9 Å². The maximum Gasteiger partial charge on any atom is 0.227 e. The van der Waals surface area contributed by atoms with Gasteiger partial charge in [-0.2, -0.15) is 0 Å². The highest BCUT2D eigenvalue weighted by molar-refractivity contribution is 6.76. The van der Waals surface area contributed by atoms with Crippen LogP contribution in [0.5, 0.6) is 0 Å². The Morgan fingerprint density at radius 2 is 1.76 bits per heavy atom. The Bertz CT molecular complexity index is 979. The highest BCUT2D eigenvalue weighted by atomic mass is 28.3. The number of aliphatic hydroxyl groups excluding tert-OH is 1. The summed E-state index contributed by atoms with van der Waals surface area (Å²) in [6.07, 6.45) is 4.31. The molecule has 1 fully saturated rings. The monoisotopic (exact) mass is 531 g/mol. The first-order valence-corrected chi connectivity index (χ1v) is 17.4. The minimum absolute atomic E-state index is 0.00880. The van der Waals surface area contributed by atoms with Crippen molar-refractivity contribution in [1.82, 2.24) is 0 Å². The summed E-state index contributed by atoms with van der Waals surface area (Å²) >= 11 is 0. The molecule has 5 atom stereocenters. The molecule has 1 aliphatic heterocycles. The van der Waals surface area contributed by atoms with Gasteiger partial charge in [0.1, 0.15) is 0 Å². The number of anilines is 1. The van der Waals surface area contributed by atoms with Crippen molar-refractivity contribution in [2.24, 2.45) is 11.8 Å². The van der Waals surface area contributed by atoms with E-state index < -0.39 is 26.1 Å². The van der Waals surface area contributed by atoms with Crippen molar-refractivity contribution in [1.29, 1.82) is 0 Å². The van der Waals surface area contributed by atoms with Gasteiger partial charge in [-0.1, -0.05) is 57.8 Å². The third-order valence-corrected chi connectivity index (χ3v) is 8.82. The molecule has 1 aromatic carbocycles. The zero-order valence-corrected chi connectivity index (χ0v) is 25.6. The molecule has 1 aliphatic rings. The van der Waals surface area contributed by atoms with Gasteiger partial charge in [0.05, 0.1) is 30.4 Å². The zero-order valence-electron chi connectivity index (χ0n) is 24.6. The molecule has 0 saturated carbocycles. The molecule has 0 aromatic heterocycles. The number of hydrogen-bond acceptors (Lipinski definition) is 5. The van der Waals surface area contributed by atoms with Crippen LogP contribution in [0.25, 0.3) is 0 Å². The fraction of sp³-hybridized carbons (Fsp3) is 0.667. The van der Waals surface area contributed by atoms with Gasteiger partial charge in [-0.3, -0.25) is 9.59 Å². The highest BCUT2D eigenvalue weighted by Crippen LogP contribution is 2.35.